The number of allylic oxidation sites excluding steroid dienone is 1. The Balaban J connectivity index is 1.76. The van der Waals surface area contributed by atoms with Crippen molar-refractivity contribution < 1.29 is 28.6 Å². The third-order valence-corrected chi connectivity index (χ3v) is 7.22. The molecule has 4 rings (SSSR count). The van der Waals surface area contributed by atoms with E-state index in [0.29, 0.717) is 23.7 Å². The van der Waals surface area contributed by atoms with E-state index in [9.17, 15) is 14.4 Å². The molecule has 1 N–H and O–H groups in total. The van der Waals surface area contributed by atoms with Gasteiger partial charge in [-0.1, -0.05) is 12.6 Å². The Hall–Kier alpha value is -3.13. The van der Waals surface area contributed by atoms with E-state index >= 15 is 0 Å². The van der Waals surface area contributed by atoms with Crippen LogP contribution in [0.1, 0.15) is 30.4 Å². The van der Waals surface area contributed by atoms with Gasteiger partial charge in [0.05, 0.1) is 20.6 Å². The SMILES string of the molecule is C=CC(=O)NCCC(=O)Oc1c(OC)ccc2c1[C@@]13CCN(C)[C@@H](C2)[C@H]1C=C(OC)C(=O)C3. The van der Waals surface area contributed by atoms with Crippen LogP contribution < -0.4 is 14.8 Å². The van der Waals surface area contributed by atoms with Crippen molar-refractivity contribution in [3.8, 4) is 11.5 Å². The maximum atomic E-state index is 13.0. The molecular formula is C25H30N2O6. The van der Waals surface area contributed by atoms with Gasteiger partial charge < -0.3 is 24.4 Å². The van der Waals surface area contributed by atoms with Crippen LogP contribution in [-0.2, 0) is 31.0 Å². The zero-order valence-corrected chi connectivity index (χ0v) is 19.3. The Morgan fingerprint density at radius 1 is 1.30 bits per heavy atom. The molecule has 0 saturated carbocycles. The number of esters is 1. The lowest BCUT2D eigenvalue weighted by Gasteiger charge is -2.56. The van der Waals surface area contributed by atoms with Crippen molar-refractivity contribution >= 4 is 17.7 Å². The molecular weight excluding hydrogens is 424 g/mol. The van der Waals surface area contributed by atoms with Gasteiger partial charge >= 0.3 is 5.97 Å². The highest BCUT2D eigenvalue weighted by Gasteiger charge is 2.56. The predicted octanol–water partition coefficient (Wildman–Crippen LogP) is 1.91. The summed E-state index contributed by atoms with van der Waals surface area (Å²) in [5.74, 6) is 0.410. The Morgan fingerprint density at radius 3 is 2.79 bits per heavy atom. The Morgan fingerprint density at radius 2 is 2.09 bits per heavy atom. The van der Waals surface area contributed by atoms with Crippen LogP contribution in [-0.4, -0.2) is 63.0 Å². The van der Waals surface area contributed by atoms with Crippen molar-refractivity contribution in [2.24, 2.45) is 5.92 Å². The number of hydrogen-bond acceptors (Lipinski definition) is 7. The molecule has 1 aromatic carbocycles. The lowest BCUT2D eigenvalue weighted by molar-refractivity contribution is -0.134. The summed E-state index contributed by atoms with van der Waals surface area (Å²) >= 11 is 0. The number of benzene rings is 1. The minimum atomic E-state index is -0.495. The number of nitrogens with zero attached hydrogens (tertiary/aromatic N) is 1. The molecule has 2 aliphatic carbocycles. The number of likely N-dealkylation sites (tertiary alicyclic amines) is 1. The molecule has 176 valence electrons. The smallest absolute Gasteiger partial charge is 0.313 e. The number of piperidine rings is 1. The van der Waals surface area contributed by atoms with Crippen LogP contribution in [0.2, 0.25) is 0 Å². The van der Waals surface area contributed by atoms with E-state index in [1.165, 1.54) is 14.2 Å². The second-order valence-corrected chi connectivity index (χ2v) is 8.87. The van der Waals surface area contributed by atoms with Gasteiger partial charge in [-0.15, -0.1) is 0 Å². The van der Waals surface area contributed by atoms with E-state index in [1.54, 1.807) is 0 Å². The number of carbonyl (C=O) groups is 3. The molecule has 1 aromatic rings. The van der Waals surface area contributed by atoms with Crippen LogP contribution >= 0.6 is 0 Å². The molecule has 8 nitrogen and oxygen atoms in total. The van der Waals surface area contributed by atoms with E-state index in [0.717, 1.165) is 36.6 Å². The Labute approximate surface area is 193 Å². The normalized spacial score (nSPS) is 25.8. The quantitative estimate of drug-likeness (QED) is 0.382. The van der Waals surface area contributed by atoms with Crippen molar-refractivity contribution in [2.75, 3.05) is 34.4 Å². The maximum absolute atomic E-state index is 13.0. The summed E-state index contributed by atoms with van der Waals surface area (Å²) in [5.41, 5.74) is 1.46. The van der Waals surface area contributed by atoms with Crippen LogP contribution in [0.25, 0.3) is 0 Å². The van der Waals surface area contributed by atoms with Crippen LogP contribution in [0.3, 0.4) is 0 Å². The number of ketones is 1. The van der Waals surface area contributed by atoms with Crippen molar-refractivity contribution in [3.05, 3.63) is 47.7 Å². The number of methoxy groups -OCH3 is 2. The van der Waals surface area contributed by atoms with Crippen molar-refractivity contribution in [1.82, 2.24) is 10.2 Å². The molecule has 1 aliphatic heterocycles. The molecule has 33 heavy (non-hydrogen) atoms. The largest absolute Gasteiger partial charge is 0.493 e. The zero-order valence-electron chi connectivity index (χ0n) is 19.3. The van der Waals surface area contributed by atoms with E-state index in [2.05, 4.69) is 23.8 Å². The highest BCUT2D eigenvalue weighted by molar-refractivity contribution is 5.96. The van der Waals surface area contributed by atoms with Crippen molar-refractivity contribution in [1.29, 1.82) is 0 Å². The van der Waals surface area contributed by atoms with Gasteiger partial charge in [0, 0.05) is 35.9 Å². The average molecular weight is 455 g/mol. The van der Waals surface area contributed by atoms with Crippen LogP contribution in [0.15, 0.2) is 36.6 Å². The minimum absolute atomic E-state index is 0.000843. The second kappa shape index (κ2) is 9.02. The molecule has 8 heteroatoms. The number of Topliss-reactive ketones (excluding diaryl/α,β-unsaturated/α-hetero) is 1. The summed E-state index contributed by atoms with van der Waals surface area (Å²) in [4.78, 5) is 39.4. The van der Waals surface area contributed by atoms with Crippen LogP contribution in [0.4, 0.5) is 0 Å². The lowest BCUT2D eigenvalue weighted by Crippen LogP contribution is -2.60. The highest BCUT2D eigenvalue weighted by Crippen LogP contribution is 2.58. The monoisotopic (exact) mass is 454 g/mol. The van der Waals surface area contributed by atoms with E-state index < -0.39 is 11.4 Å². The Kier molecular flexibility index (Phi) is 6.30. The van der Waals surface area contributed by atoms with Crippen molar-refractivity contribution in [3.63, 3.8) is 0 Å². The second-order valence-electron chi connectivity index (χ2n) is 8.87. The first-order chi connectivity index (χ1) is 15.8. The lowest BCUT2D eigenvalue weighted by atomic mass is 9.53. The maximum Gasteiger partial charge on any atom is 0.313 e. The molecule has 0 radical (unpaired) electrons. The number of amides is 1. The summed E-state index contributed by atoms with van der Waals surface area (Å²) in [6.45, 7) is 4.37. The number of fused-ring (bicyclic) bond motifs is 1. The molecule has 1 amide bonds. The summed E-state index contributed by atoms with van der Waals surface area (Å²) in [7, 11) is 5.17. The standard InChI is InChI=1S/C25H30N2O6/c1-5-21(29)26-10-8-22(30)33-24-19(31-3)7-6-15-12-17-16-13-20(32-4)18(28)14-25(16,23(15)24)9-11-27(17)2/h5-7,13,16-17H,1,8-12,14H2,2-4H3,(H,26,29)/t16-,17+,25-/m1/s1. The van der Waals surface area contributed by atoms with E-state index in [-0.39, 0.29) is 36.6 Å². The fourth-order valence-electron chi connectivity index (χ4n) is 5.63. The number of carbonyl (C=O) groups excluding carboxylic acids is 3. The molecule has 0 unspecified atom stereocenters. The molecule has 1 fully saturated rings. The first-order valence-electron chi connectivity index (χ1n) is 11.1. The highest BCUT2D eigenvalue weighted by atomic mass is 16.6. The summed E-state index contributed by atoms with van der Waals surface area (Å²) in [5, 5.41) is 2.58. The zero-order chi connectivity index (χ0) is 23.8. The van der Waals surface area contributed by atoms with Gasteiger partial charge in [-0.3, -0.25) is 14.4 Å². The fraction of sp³-hybridized carbons (Fsp3) is 0.480. The first-order valence-corrected chi connectivity index (χ1v) is 11.1. The summed E-state index contributed by atoms with van der Waals surface area (Å²) in [6, 6.07) is 4.05. The number of hydrogen-bond donors (Lipinski definition) is 1. The van der Waals surface area contributed by atoms with Gasteiger partial charge in [-0.2, -0.15) is 0 Å². The van der Waals surface area contributed by atoms with Gasteiger partial charge in [0.2, 0.25) is 5.91 Å². The molecule has 3 atom stereocenters. The van der Waals surface area contributed by atoms with Gasteiger partial charge in [0.15, 0.2) is 23.0 Å². The van der Waals surface area contributed by atoms with E-state index in [4.69, 9.17) is 14.2 Å². The summed E-state index contributed by atoms with van der Waals surface area (Å²) < 4.78 is 16.9. The summed E-state index contributed by atoms with van der Waals surface area (Å²) in [6.07, 6.45) is 4.93. The first kappa shape index (κ1) is 23.0. The topological polar surface area (TPSA) is 94.2 Å². The van der Waals surface area contributed by atoms with E-state index in [1.807, 2.05) is 18.2 Å². The molecule has 0 aromatic heterocycles. The molecule has 2 bridgehead atoms. The van der Waals surface area contributed by atoms with Gasteiger partial charge in [-0.25, -0.2) is 0 Å². The average Bonchev–Trinajstić information content (AvgIpc) is 2.80. The minimum Gasteiger partial charge on any atom is -0.493 e. The number of rotatable bonds is 7. The molecule has 0 spiro atoms. The number of likely N-dealkylation sites (N-methyl/N-ethyl adjacent to an activating group) is 1. The number of ether oxygens (including phenoxy) is 3. The Bertz CT molecular complexity index is 1030. The molecule has 1 heterocycles. The third kappa shape index (κ3) is 3.93. The third-order valence-electron chi connectivity index (χ3n) is 7.22. The fourth-order valence-corrected chi connectivity index (χ4v) is 5.63. The van der Waals surface area contributed by atoms with Gasteiger partial charge in [-0.05, 0) is 50.2 Å². The predicted molar refractivity (Wildman–Crippen MR) is 121 cm³/mol. The molecule has 3 aliphatic rings. The van der Waals surface area contributed by atoms with Crippen LogP contribution in [0, 0.1) is 5.92 Å². The number of nitrogens with one attached hydrogen (secondary N) is 1. The van der Waals surface area contributed by atoms with Gasteiger partial charge in [0.1, 0.15) is 0 Å². The van der Waals surface area contributed by atoms with Crippen LogP contribution in [0.5, 0.6) is 11.5 Å². The van der Waals surface area contributed by atoms with Crippen molar-refractivity contribution in [2.45, 2.75) is 37.1 Å². The molecule has 1 saturated heterocycles. The van der Waals surface area contributed by atoms with Gasteiger partial charge in [0.25, 0.3) is 0 Å².